The monoisotopic (exact) mass is 337 g/mol. The molecule has 23 heavy (non-hydrogen) atoms. The van der Waals surface area contributed by atoms with Crippen LogP contribution in [0.4, 0.5) is 14.3 Å². The summed E-state index contributed by atoms with van der Waals surface area (Å²) in [4.78, 5) is 17.2. The number of halogens is 1. The highest BCUT2D eigenvalue weighted by molar-refractivity contribution is 7.15. The lowest BCUT2D eigenvalue weighted by molar-refractivity contribution is 0.187. The van der Waals surface area contributed by atoms with Crippen LogP contribution in [-0.4, -0.2) is 28.3 Å². The molecule has 0 saturated carbocycles. The Morgan fingerprint density at radius 3 is 2.61 bits per heavy atom. The number of nitrogens with zero attached hydrogens (tertiary/aromatic N) is 1. The van der Waals surface area contributed by atoms with Gasteiger partial charge in [0, 0.05) is 11.3 Å². The van der Waals surface area contributed by atoms with Crippen molar-refractivity contribution in [3.8, 4) is 0 Å². The van der Waals surface area contributed by atoms with Gasteiger partial charge in [0.1, 0.15) is 5.82 Å². The van der Waals surface area contributed by atoms with Crippen molar-refractivity contribution in [2.45, 2.75) is 32.7 Å². The number of carbonyl (C=O) groups excluding carboxylic acids is 1. The maximum absolute atomic E-state index is 12.9. The van der Waals surface area contributed by atoms with E-state index in [1.807, 2.05) is 6.92 Å². The van der Waals surface area contributed by atoms with Crippen LogP contribution in [0.15, 0.2) is 24.3 Å². The highest BCUT2D eigenvalue weighted by Gasteiger charge is 2.20. The Bertz CT molecular complexity index is 683. The molecule has 0 unspecified atom stereocenters. The summed E-state index contributed by atoms with van der Waals surface area (Å²) >= 11 is 1.38. The van der Waals surface area contributed by atoms with Crippen LogP contribution < -0.4 is 10.6 Å². The predicted octanol–water partition coefficient (Wildman–Crippen LogP) is 3.07. The Hall–Kier alpha value is -1.99. The average Bonchev–Trinajstić information content (AvgIpc) is 2.80. The number of carbonyl (C=O) groups is 1. The molecule has 5 nitrogen and oxygen atoms in total. The number of amides is 2. The number of aryl methyl sites for hydroxylation is 1. The number of benzene rings is 1. The molecular formula is C16H20FN3O2S. The van der Waals surface area contributed by atoms with Gasteiger partial charge in [-0.15, -0.1) is 11.3 Å². The van der Waals surface area contributed by atoms with Crippen LogP contribution in [0.2, 0.25) is 0 Å². The van der Waals surface area contributed by atoms with E-state index in [4.69, 9.17) is 5.11 Å². The number of hydrogen-bond acceptors (Lipinski definition) is 4. The van der Waals surface area contributed by atoms with Crippen molar-refractivity contribution in [3.05, 3.63) is 46.2 Å². The van der Waals surface area contributed by atoms with E-state index < -0.39 is 11.6 Å². The third kappa shape index (κ3) is 5.01. The molecule has 2 rings (SSSR count). The molecule has 0 saturated heterocycles. The lowest BCUT2D eigenvalue weighted by atomic mass is 10.1. The molecule has 2 amide bonds. The molecule has 7 heteroatoms. The molecule has 3 N–H and O–H groups in total. The molecule has 0 atom stereocenters. The van der Waals surface area contributed by atoms with Crippen LogP contribution in [0.3, 0.4) is 0 Å². The van der Waals surface area contributed by atoms with Gasteiger partial charge in [-0.25, -0.2) is 14.2 Å². The fraction of sp³-hybridized carbons (Fsp3) is 0.375. The number of anilines is 1. The Morgan fingerprint density at radius 1 is 1.35 bits per heavy atom. The second kappa shape index (κ2) is 7.06. The van der Waals surface area contributed by atoms with Gasteiger partial charge in [-0.05, 0) is 38.5 Å². The van der Waals surface area contributed by atoms with Gasteiger partial charge in [-0.1, -0.05) is 12.1 Å². The number of rotatable bonds is 5. The minimum Gasteiger partial charge on any atom is -0.394 e. The Labute approximate surface area is 138 Å². The van der Waals surface area contributed by atoms with E-state index in [0.29, 0.717) is 11.6 Å². The molecule has 0 spiro atoms. The Balaban J connectivity index is 2.03. The van der Waals surface area contributed by atoms with Crippen LogP contribution in [0.1, 0.15) is 30.0 Å². The summed E-state index contributed by atoms with van der Waals surface area (Å²) in [5.41, 5.74) is 1.11. The summed E-state index contributed by atoms with van der Waals surface area (Å²) in [5.74, 6) is -0.264. The van der Waals surface area contributed by atoms with Gasteiger partial charge in [0.25, 0.3) is 0 Å². The van der Waals surface area contributed by atoms with Gasteiger partial charge in [0.15, 0.2) is 5.13 Å². The van der Waals surface area contributed by atoms with Crippen LogP contribution in [0.5, 0.6) is 0 Å². The van der Waals surface area contributed by atoms with Crippen molar-refractivity contribution in [3.63, 3.8) is 0 Å². The molecule has 1 aromatic heterocycles. The molecule has 0 fully saturated rings. The van der Waals surface area contributed by atoms with Gasteiger partial charge in [0.05, 0.1) is 17.8 Å². The van der Waals surface area contributed by atoms with Crippen molar-refractivity contribution >= 4 is 22.5 Å². The fourth-order valence-electron chi connectivity index (χ4n) is 1.91. The predicted molar refractivity (Wildman–Crippen MR) is 89.4 cm³/mol. The zero-order valence-corrected chi connectivity index (χ0v) is 14.1. The number of nitrogens with one attached hydrogen (secondary N) is 2. The molecule has 1 heterocycles. The average molecular weight is 337 g/mol. The van der Waals surface area contributed by atoms with Gasteiger partial charge in [-0.2, -0.15) is 0 Å². The molecule has 0 radical (unpaired) electrons. The number of aliphatic hydroxyl groups excluding tert-OH is 1. The minimum atomic E-state index is -0.701. The third-order valence-corrected chi connectivity index (χ3v) is 4.31. The molecule has 0 aliphatic carbocycles. The summed E-state index contributed by atoms with van der Waals surface area (Å²) < 4.78 is 12.9. The molecule has 124 valence electrons. The van der Waals surface area contributed by atoms with E-state index in [9.17, 15) is 9.18 Å². The maximum atomic E-state index is 12.9. The molecule has 0 aliphatic rings. The van der Waals surface area contributed by atoms with Crippen LogP contribution in [0, 0.1) is 12.7 Å². The standard InChI is InChI=1S/C16H20FN3O2S/c1-10-13(8-11-4-6-12(17)7-5-11)23-15(18-10)19-14(22)20-16(2,3)9-21/h4-7,21H,8-9H2,1-3H3,(H2,18,19,20,22). The number of hydrogen-bond donors (Lipinski definition) is 3. The second-order valence-corrected chi connectivity index (χ2v) is 7.04. The fourth-order valence-corrected chi connectivity index (χ4v) is 2.90. The largest absolute Gasteiger partial charge is 0.394 e. The van der Waals surface area contributed by atoms with Crippen molar-refractivity contribution < 1.29 is 14.3 Å². The van der Waals surface area contributed by atoms with E-state index >= 15 is 0 Å². The maximum Gasteiger partial charge on any atom is 0.321 e. The van der Waals surface area contributed by atoms with Gasteiger partial charge >= 0.3 is 6.03 Å². The summed E-state index contributed by atoms with van der Waals surface area (Å²) in [5, 5.41) is 15.0. The first-order chi connectivity index (χ1) is 10.8. The normalized spacial score (nSPS) is 11.3. The van der Waals surface area contributed by atoms with Crippen LogP contribution in [0.25, 0.3) is 0 Å². The van der Waals surface area contributed by atoms with Gasteiger partial charge < -0.3 is 10.4 Å². The van der Waals surface area contributed by atoms with Gasteiger partial charge in [-0.3, -0.25) is 5.32 Å². The quantitative estimate of drug-likeness (QED) is 0.785. The van der Waals surface area contributed by atoms with E-state index in [0.717, 1.165) is 16.1 Å². The lowest BCUT2D eigenvalue weighted by Gasteiger charge is -2.23. The third-order valence-electron chi connectivity index (χ3n) is 3.24. The van der Waals surface area contributed by atoms with Crippen LogP contribution >= 0.6 is 11.3 Å². The zero-order valence-electron chi connectivity index (χ0n) is 13.3. The first-order valence-electron chi connectivity index (χ1n) is 7.20. The Morgan fingerprint density at radius 2 is 2.00 bits per heavy atom. The van der Waals surface area contributed by atoms with Gasteiger partial charge in [0.2, 0.25) is 0 Å². The number of aromatic nitrogens is 1. The first kappa shape index (κ1) is 17.4. The summed E-state index contributed by atoms with van der Waals surface area (Å²) in [6.07, 6.45) is 0.634. The van der Waals surface area contributed by atoms with E-state index in [2.05, 4.69) is 15.6 Å². The van der Waals surface area contributed by atoms with E-state index in [1.165, 1.54) is 23.5 Å². The van der Waals surface area contributed by atoms with E-state index in [1.54, 1.807) is 26.0 Å². The van der Waals surface area contributed by atoms with Crippen molar-refractivity contribution in [1.82, 2.24) is 10.3 Å². The molecule has 1 aromatic carbocycles. The SMILES string of the molecule is Cc1nc(NC(=O)NC(C)(C)CO)sc1Cc1ccc(F)cc1. The highest BCUT2D eigenvalue weighted by atomic mass is 32.1. The van der Waals surface area contributed by atoms with Crippen LogP contribution in [-0.2, 0) is 6.42 Å². The van der Waals surface area contributed by atoms with E-state index in [-0.39, 0.29) is 12.4 Å². The van der Waals surface area contributed by atoms with Crippen molar-refractivity contribution in [2.75, 3.05) is 11.9 Å². The first-order valence-corrected chi connectivity index (χ1v) is 8.01. The van der Waals surface area contributed by atoms with Crippen molar-refractivity contribution in [1.29, 1.82) is 0 Å². The summed E-state index contributed by atoms with van der Waals surface area (Å²) in [6, 6.07) is 5.91. The zero-order chi connectivity index (χ0) is 17.0. The second-order valence-electron chi connectivity index (χ2n) is 5.95. The summed E-state index contributed by atoms with van der Waals surface area (Å²) in [7, 11) is 0. The summed E-state index contributed by atoms with van der Waals surface area (Å²) in [6.45, 7) is 5.16. The Kier molecular flexibility index (Phi) is 5.33. The highest BCUT2D eigenvalue weighted by Crippen LogP contribution is 2.25. The number of urea groups is 1. The van der Waals surface area contributed by atoms with Crippen molar-refractivity contribution in [2.24, 2.45) is 0 Å². The number of aliphatic hydroxyl groups is 1. The molecule has 0 bridgehead atoms. The molecule has 0 aliphatic heterocycles. The topological polar surface area (TPSA) is 74.2 Å². The minimum absolute atomic E-state index is 0.160. The number of thiazole rings is 1. The lowest BCUT2D eigenvalue weighted by Crippen LogP contribution is -2.48. The smallest absolute Gasteiger partial charge is 0.321 e. The molecule has 2 aromatic rings. The molecular weight excluding hydrogens is 317 g/mol.